The molecule has 1 aliphatic carbocycles. The summed E-state index contributed by atoms with van der Waals surface area (Å²) in [7, 11) is 0. The third-order valence-corrected chi connectivity index (χ3v) is 2.57. The molecule has 73 valence electrons. The van der Waals surface area contributed by atoms with Crippen LogP contribution in [0.5, 0.6) is 0 Å². The van der Waals surface area contributed by atoms with Crippen LogP contribution in [0.1, 0.15) is 11.1 Å². The Kier molecular flexibility index (Phi) is 3.27. The van der Waals surface area contributed by atoms with Gasteiger partial charge in [-0.05, 0) is 23.1 Å². The predicted molar refractivity (Wildman–Crippen MR) is 55.8 cm³/mol. The van der Waals surface area contributed by atoms with Crippen molar-refractivity contribution in [2.45, 2.75) is 6.42 Å². The topological polar surface area (TPSA) is 21.6 Å². The van der Waals surface area contributed by atoms with E-state index in [0.29, 0.717) is 6.61 Å². The molecule has 1 aromatic carbocycles. The maximum atomic E-state index is 5.42. The molecule has 0 unspecified atom stereocenters. The van der Waals surface area contributed by atoms with Gasteiger partial charge < -0.3 is 9.73 Å². The van der Waals surface area contributed by atoms with Crippen molar-refractivity contribution in [2.24, 2.45) is 4.99 Å². The summed E-state index contributed by atoms with van der Waals surface area (Å²) in [5.41, 5.74) is 3.77. The summed E-state index contributed by atoms with van der Waals surface area (Å²) in [5, 5.41) is 0. The molecule has 0 bridgehead atoms. The number of hydrogen-bond donors (Lipinski definition) is 0. The van der Waals surface area contributed by atoms with Crippen LogP contribution >= 0.6 is 0 Å². The fraction of sp³-hybridized carbons (Fsp3) is 0.167. The van der Waals surface area contributed by atoms with Crippen molar-refractivity contribution in [2.75, 3.05) is 6.61 Å². The normalized spacial score (nSPS) is 16.8. The van der Waals surface area contributed by atoms with Crippen molar-refractivity contribution in [3.63, 3.8) is 0 Å². The molecule has 3 rings (SSSR count). The molecule has 1 aromatic rings. The van der Waals surface area contributed by atoms with E-state index in [2.05, 4.69) is 35.3 Å². The molecule has 1 heterocycles. The van der Waals surface area contributed by atoms with Crippen LogP contribution in [0.2, 0.25) is 0 Å². The molecule has 0 amide bonds. The van der Waals surface area contributed by atoms with E-state index in [1.807, 2.05) is 0 Å². The molecule has 15 heavy (non-hydrogen) atoms. The van der Waals surface area contributed by atoms with E-state index in [9.17, 15) is 0 Å². The van der Waals surface area contributed by atoms with Crippen LogP contribution in [0, 0.1) is 6.54 Å². The smallest absolute Gasteiger partial charge is 0.0604 e. The first-order valence-corrected chi connectivity index (χ1v) is 4.76. The molecule has 1 aliphatic heterocycles. The van der Waals surface area contributed by atoms with Gasteiger partial charge in [0.15, 0.2) is 0 Å². The average molecular weight is 273 g/mol. The zero-order chi connectivity index (χ0) is 9.38. The maximum Gasteiger partial charge on any atom is 0.0604 e. The van der Waals surface area contributed by atoms with Crippen LogP contribution in [-0.2, 0) is 43.9 Å². The number of hydrogen-bond acceptors (Lipinski definition) is 2. The molecule has 0 atom stereocenters. The second-order valence-corrected chi connectivity index (χ2v) is 3.41. The largest absolute Gasteiger partial charge is 0.573 e. The number of benzene rings is 1. The molecule has 2 nitrogen and oxygen atoms in total. The summed E-state index contributed by atoms with van der Waals surface area (Å²) in [6, 6.07) is 8.40. The standard InChI is InChI=1S/C12H10NO.Y/c1-2-4-10-9(3-1)5-6-11(10)12-13-7-8-14-12;/h1-4,6-7H,5,8H2;/q-1;. The predicted octanol–water partition coefficient (Wildman–Crippen LogP) is 2.21. The van der Waals surface area contributed by atoms with Crippen molar-refractivity contribution < 1.29 is 37.4 Å². The summed E-state index contributed by atoms with van der Waals surface area (Å²) in [6.07, 6.45) is 3.18. The Morgan fingerprint density at radius 3 is 2.93 bits per heavy atom. The van der Waals surface area contributed by atoms with Crippen LogP contribution in [0.4, 0.5) is 0 Å². The van der Waals surface area contributed by atoms with Crippen LogP contribution < -0.4 is 0 Å². The number of aliphatic imine (C=N–C) groups is 1. The van der Waals surface area contributed by atoms with Gasteiger partial charge in [0, 0.05) is 39.3 Å². The molecule has 0 saturated heterocycles. The van der Waals surface area contributed by atoms with E-state index in [0.717, 1.165) is 17.9 Å². The van der Waals surface area contributed by atoms with Crippen molar-refractivity contribution in [3.05, 3.63) is 48.0 Å². The van der Waals surface area contributed by atoms with Gasteiger partial charge in [0.05, 0.1) is 5.90 Å². The summed E-state index contributed by atoms with van der Waals surface area (Å²) >= 11 is 0. The minimum absolute atomic E-state index is 0. The van der Waals surface area contributed by atoms with Crippen molar-refractivity contribution in [1.82, 2.24) is 0 Å². The Morgan fingerprint density at radius 2 is 2.13 bits per heavy atom. The summed E-state index contributed by atoms with van der Waals surface area (Å²) in [5.74, 6) is 0.773. The van der Waals surface area contributed by atoms with E-state index < -0.39 is 0 Å². The van der Waals surface area contributed by atoms with Gasteiger partial charge in [0.2, 0.25) is 0 Å². The number of rotatable bonds is 1. The number of ether oxygens (including phenoxy) is 1. The molecule has 3 heteroatoms. The Hall–Kier alpha value is -0.596. The first-order valence-electron chi connectivity index (χ1n) is 4.76. The Morgan fingerprint density at radius 1 is 1.27 bits per heavy atom. The van der Waals surface area contributed by atoms with Crippen molar-refractivity contribution in [1.29, 1.82) is 0 Å². The molecule has 2 aliphatic rings. The molecule has 0 spiro atoms. The SMILES string of the molecule is C1=C(C2=N[CH-]CO2)c2ccccc2C1.[Y]. The van der Waals surface area contributed by atoms with Crippen LogP contribution in [0.25, 0.3) is 5.57 Å². The van der Waals surface area contributed by atoms with Gasteiger partial charge in [-0.15, -0.1) is 6.54 Å². The number of nitrogens with zero attached hydrogens (tertiary/aromatic N) is 1. The van der Waals surface area contributed by atoms with Gasteiger partial charge >= 0.3 is 0 Å². The van der Waals surface area contributed by atoms with Crippen molar-refractivity contribution >= 4 is 11.5 Å². The Labute approximate surface area is 114 Å². The minimum atomic E-state index is 0. The second kappa shape index (κ2) is 4.50. The van der Waals surface area contributed by atoms with Gasteiger partial charge in [0.1, 0.15) is 0 Å². The fourth-order valence-corrected chi connectivity index (χ4v) is 1.91. The number of allylic oxidation sites excluding steroid dienone is 1. The third-order valence-electron chi connectivity index (χ3n) is 2.57. The molecule has 0 N–H and O–H groups in total. The van der Waals surface area contributed by atoms with Crippen LogP contribution in [-0.4, -0.2) is 12.5 Å². The maximum absolute atomic E-state index is 5.42. The monoisotopic (exact) mass is 273 g/mol. The molecule has 1 radical (unpaired) electrons. The van der Waals surface area contributed by atoms with E-state index in [1.54, 1.807) is 6.54 Å². The third kappa shape index (κ3) is 1.89. The van der Waals surface area contributed by atoms with Crippen LogP contribution in [0.15, 0.2) is 35.3 Å². The summed E-state index contributed by atoms with van der Waals surface area (Å²) < 4.78 is 5.42. The van der Waals surface area contributed by atoms with Gasteiger partial charge in [-0.1, -0.05) is 30.3 Å². The zero-order valence-electron chi connectivity index (χ0n) is 8.31. The Bertz CT molecular complexity index is 437. The number of fused-ring (bicyclic) bond motifs is 1. The summed E-state index contributed by atoms with van der Waals surface area (Å²) in [4.78, 5) is 4.22. The zero-order valence-corrected chi connectivity index (χ0v) is 11.1. The van der Waals surface area contributed by atoms with Gasteiger partial charge in [-0.2, -0.15) is 0 Å². The molecule has 0 aromatic heterocycles. The van der Waals surface area contributed by atoms with E-state index in [4.69, 9.17) is 4.74 Å². The fourth-order valence-electron chi connectivity index (χ4n) is 1.91. The minimum Gasteiger partial charge on any atom is -0.573 e. The average Bonchev–Trinajstić information content (AvgIpc) is 2.85. The first-order chi connectivity index (χ1) is 6.95. The van der Waals surface area contributed by atoms with E-state index >= 15 is 0 Å². The molecular formula is C12H10NOY-. The van der Waals surface area contributed by atoms with E-state index in [1.165, 1.54) is 11.1 Å². The molecular weight excluding hydrogens is 263 g/mol. The second-order valence-electron chi connectivity index (χ2n) is 3.41. The summed E-state index contributed by atoms with van der Waals surface area (Å²) in [6.45, 7) is 2.41. The van der Waals surface area contributed by atoms with Gasteiger partial charge in [-0.25, -0.2) is 0 Å². The van der Waals surface area contributed by atoms with Gasteiger partial charge in [0.25, 0.3) is 0 Å². The van der Waals surface area contributed by atoms with Crippen LogP contribution in [0.3, 0.4) is 0 Å². The molecule has 0 saturated carbocycles. The first kappa shape index (κ1) is 10.9. The molecule has 0 fully saturated rings. The quantitative estimate of drug-likeness (QED) is 0.719. The Balaban J connectivity index is 0.000000853. The van der Waals surface area contributed by atoms with Crippen molar-refractivity contribution in [3.8, 4) is 0 Å². The van der Waals surface area contributed by atoms with Gasteiger partial charge in [-0.3, -0.25) is 0 Å². The van der Waals surface area contributed by atoms with E-state index in [-0.39, 0.29) is 32.7 Å².